The van der Waals surface area contributed by atoms with Gasteiger partial charge in [-0.15, -0.1) is 0 Å². The zero-order chi connectivity index (χ0) is 15.8. The Hall–Kier alpha value is 0.220. The Morgan fingerprint density at radius 3 is 2.05 bits per heavy atom. The summed E-state index contributed by atoms with van der Waals surface area (Å²) in [5.74, 6) is 0. The minimum Gasteiger partial charge on any atom is -0.391 e. The van der Waals surface area contributed by atoms with Crippen LogP contribution in [0.4, 0.5) is 0 Å². The lowest BCUT2D eigenvalue weighted by atomic mass is 9.92. The predicted molar refractivity (Wildman–Crippen MR) is 87.0 cm³/mol. The monoisotopic (exact) mass is 326 g/mol. The fraction of sp³-hybridized carbons (Fsp3) is 1.00. The minimum absolute atomic E-state index is 0.336. The number of thiol groups is 1. The van der Waals surface area contributed by atoms with E-state index in [0.717, 1.165) is 25.7 Å². The molecule has 0 saturated carbocycles. The molecule has 0 bridgehead atoms. The van der Waals surface area contributed by atoms with Gasteiger partial charge in [0, 0.05) is 5.25 Å². The predicted octanol–water partition coefficient (Wildman–Crippen LogP) is 3.45. The SMILES string of the molecule is CCCCCCCC(S)C(C)(C(O)CCC)S(=O)(=O)O. The van der Waals surface area contributed by atoms with Crippen molar-refractivity contribution in [2.45, 2.75) is 88.2 Å². The lowest BCUT2D eigenvalue weighted by Gasteiger charge is -2.36. The van der Waals surface area contributed by atoms with E-state index in [-0.39, 0.29) is 0 Å². The van der Waals surface area contributed by atoms with Crippen molar-refractivity contribution in [1.82, 2.24) is 0 Å². The second-order valence-electron chi connectivity index (χ2n) is 5.68. The maximum atomic E-state index is 11.7. The second-order valence-corrected chi connectivity index (χ2v) is 8.14. The highest BCUT2D eigenvalue weighted by Crippen LogP contribution is 2.34. The van der Waals surface area contributed by atoms with E-state index in [2.05, 4.69) is 19.6 Å². The quantitative estimate of drug-likeness (QED) is 0.309. The van der Waals surface area contributed by atoms with E-state index < -0.39 is 26.2 Å². The number of rotatable bonds is 11. The molecule has 0 aromatic heterocycles. The van der Waals surface area contributed by atoms with Crippen LogP contribution in [0.25, 0.3) is 0 Å². The fourth-order valence-electron chi connectivity index (χ4n) is 2.35. The minimum atomic E-state index is -4.36. The fourth-order valence-corrected chi connectivity index (χ4v) is 4.03. The summed E-state index contributed by atoms with van der Waals surface area (Å²) in [7, 11) is -4.36. The van der Waals surface area contributed by atoms with Gasteiger partial charge in [-0.1, -0.05) is 52.4 Å². The van der Waals surface area contributed by atoms with E-state index in [9.17, 15) is 18.1 Å². The Bertz CT molecular complexity index is 356. The molecular weight excluding hydrogens is 296 g/mol. The molecule has 3 atom stereocenters. The van der Waals surface area contributed by atoms with E-state index in [1.165, 1.54) is 13.3 Å². The van der Waals surface area contributed by atoms with Crippen LogP contribution >= 0.6 is 12.6 Å². The summed E-state index contributed by atoms with van der Waals surface area (Å²) in [6, 6.07) is 0. The lowest BCUT2D eigenvalue weighted by Crippen LogP contribution is -2.53. The van der Waals surface area contributed by atoms with Crippen LogP contribution in [0, 0.1) is 0 Å². The molecule has 3 unspecified atom stereocenters. The van der Waals surface area contributed by atoms with Crippen LogP contribution in [-0.2, 0) is 10.1 Å². The van der Waals surface area contributed by atoms with E-state index in [4.69, 9.17) is 0 Å². The van der Waals surface area contributed by atoms with Crippen molar-refractivity contribution in [2.75, 3.05) is 0 Å². The Kier molecular flexibility index (Phi) is 9.38. The Morgan fingerprint density at radius 1 is 1.05 bits per heavy atom. The van der Waals surface area contributed by atoms with Crippen LogP contribution in [-0.4, -0.2) is 34.2 Å². The number of unbranched alkanes of at least 4 members (excludes halogenated alkanes) is 4. The first-order valence-electron chi connectivity index (χ1n) is 7.54. The van der Waals surface area contributed by atoms with Crippen molar-refractivity contribution in [3.8, 4) is 0 Å². The standard InChI is InChI=1S/C14H30O4S2/c1-4-6-7-8-9-11-13(19)14(3,20(16,17)18)12(15)10-5-2/h12-13,15,19H,4-11H2,1-3H3,(H,16,17,18). The summed E-state index contributed by atoms with van der Waals surface area (Å²) >= 11 is 4.36. The third-order valence-corrected chi connectivity index (χ3v) is 6.66. The maximum Gasteiger partial charge on any atom is 0.274 e. The molecule has 2 N–H and O–H groups in total. The molecule has 4 nitrogen and oxygen atoms in total. The molecule has 20 heavy (non-hydrogen) atoms. The highest BCUT2D eigenvalue weighted by atomic mass is 32.2. The van der Waals surface area contributed by atoms with Gasteiger partial charge in [0.2, 0.25) is 0 Å². The summed E-state index contributed by atoms with van der Waals surface area (Å²) in [5.41, 5.74) is 0. The molecule has 6 heteroatoms. The molecule has 0 radical (unpaired) electrons. The van der Waals surface area contributed by atoms with E-state index in [1.54, 1.807) is 0 Å². The average molecular weight is 327 g/mol. The van der Waals surface area contributed by atoms with Gasteiger partial charge < -0.3 is 5.11 Å². The van der Waals surface area contributed by atoms with Crippen LogP contribution in [0.1, 0.15) is 72.1 Å². The smallest absolute Gasteiger partial charge is 0.274 e. The highest BCUT2D eigenvalue weighted by molar-refractivity contribution is 7.89. The molecule has 0 rings (SSSR count). The van der Waals surface area contributed by atoms with E-state index in [0.29, 0.717) is 19.3 Å². The molecule has 122 valence electrons. The van der Waals surface area contributed by atoms with Gasteiger partial charge in [0.25, 0.3) is 10.1 Å². The first-order valence-corrected chi connectivity index (χ1v) is 9.50. The number of hydrogen-bond acceptors (Lipinski definition) is 4. The largest absolute Gasteiger partial charge is 0.391 e. The summed E-state index contributed by atoms with van der Waals surface area (Å²) < 4.78 is 31.3. The van der Waals surface area contributed by atoms with Gasteiger partial charge >= 0.3 is 0 Å². The van der Waals surface area contributed by atoms with Crippen LogP contribution in [0.5, 0.6) is 0 Å². The first-order chi connectivity index (χ1) is 9.21. The van der Waals surface area contributed by atoms with Gasteiger partial charge in [-0.3, -0.25) is 4.55 Å². The maximum absolute atomic E-state index is 11.7. The van der Waals surface area contributed by atoms with Crippen molar-refractivity contribution >= 4 is 22.7 Å². The summed E-state index contributed by atoms with van der Waals surface area (Å²) in [5, 5.41) is 9.56. The topological polar surface area (TPSA) is 74.6 Å². The van der Waals surface area contributed by atoms with Gasteiger partial charge in [-0.05, 0) is 19.8 Å². The summed E-state index contributed by atoms with van der Waals surface area (Å²) in [4.78, 5) is 0. The van der Waals surface area contributed by atoms with Crippen molar-refractivity contribution in [3.05, 3.63) is 0 Å². The Labute approximate surface area is 129 Å². The van der Waals surface area contributed by atoms with Crippen LogP contribution in [0.15, 0.2) is 0 Å². The molecule has 0 fully saturated rings. The van der Waals surface area contributed by atoms with E-state index >= 15 is 0 Å². The van der Waals surface area contributed by atoms with Gasteiger partial charge in [-0.2, -0.15) is 21.0 Å². The summed E-state index contributed by atoms with van der Waals surface area (Å²) in [6.07, 6.45) is 5.80. The molecule has 0 aromatic carbocycles. The molecule has 0 amide bonds. The zero-order valence-corrected chi connectivity index (χ0v) is 14.6. The molecule has 0 aliphatic carbocycles. The third-order valence-electron chi connectivity index (χ3n) is 4.02. The van der Waals surface area contributed by atoms with Crippen LogP contribution in [0.2, 0.25) is 0 Å². The number of aliphatic hydroxyl groups excluding tert-OH is 1. The molecule has 0 aliphatic heterocycles. The molecule has 0 spiro atoms. The van der Waals surface area contributed by atoms with Crippen molar-refractivity contribution in [2.24, 2.45) is 0 Å². The van der Waals surface area contributed by atoms with Gasteiger partial charge in [-0.25, -0.2) is 0 Å². The number of aliphatic hydroxyl groups is 1. The van der Waals surface area contributed by atoms with Crippen molar-refractivity contribution in [3.63, 3.8) is 0 Å². The lowest BCUT2D eigenvalue weighted by molar-refractivity contribution is 0.112. The van der Waals surface area contributed by atoms with Gasteiger partial charge in [0.15, 0.2) is 0 Å². The van der Waals surface area contributed by atoms with E-state index in [1.807, 2.05) is 6.92 Å². The van der Waals surface area contributed by atoms with Crippen LogP contribution < -0.4 is 0 Å². The van der Waals surface area contributed by atoms with Gasteiger partial charge in [0.05, 0.1) is 6.10 Å². The highest BCUT2D eigenvalue weighted by Gasteiger charge is 2.49. The summed E-state index contributed by atoms with van der Waals surface area (Å²) in [6.45, 7) is 5.40. The molecule has 0 aromatic rings. The molecular formula is C14H30O4S2. The Morgan fingerprint density at radius 2 is 1.60 bits per heavy atom. The molecule has 0 saturated heterocycles. The van der Waals surface area contributed by atoms with Crippen molar-refractivity contribution in [1.29, 1.82) is 0 Å². The average Bonchev–Trinajstić information content (AvgIpc) is 2.36. The number of hydrogen-bond donors (Lipinski definition) is 3. The third kappa shape index (κ3) is 5.54. The molecule has 0 aliphatic rings. The first kappa shape index (κ1) is 20.2. The second kappa shape index (κ2) is 9.28. The normalized spacial score (nSPS) is 18.5. The Balaban J connectivity index is 4.71. The zero-order valence-electron chi connectivity index (χ0n) is 12.9. The molecule has 0 heterocycles. The van der Waals surface area contributed by atoms with Crippen LogP contribution in [0.3, 0.4) is 0 Å². The van der Waals surface area contributed by atoms with Gasteiger partial charge in [0.1, 0.15) is 4.75 Å². The van der Waals surface area contributed by atoms with Crippen molar-refractivity contribution < 1.29 is 18.1 Å².